The topological polar surface area (TPSA) is 46.6 Å². The van der Waals surface area contributed by atoms with E-state index in [1.54, 1.807) is 0 Å². The van der Waals surface area contributed by atoms with E-state index in [-0.39, 0.29) is 18.0 Å². The molecule has 0 bridgehead atoms. The van der Waals surface area contributed by atoms with Gasteiger partial charge in [0, 0.05) is 5.69 Å². The number of esters is 1. The van der Waals surface area contributed by atoms with Crippen molar-refractivity contribution in [3.63, 3.8) is 0 Å². The molecule has 0 aromatic heterocycles. The highest BCUT2D eigenvalue weighted by atomic mass is 16.5. The summed E-state index contributed by atoms with van der Waals surface area (Å²) in [7, 11) is 0. The van der Waals surface area contributed by atoms with Crippen LogP contribution in [0.4, 0.5) is 5.69 Å². The maximum absolute atomic E-state index is 14.7. The summed E-state index contributed by atoms with van der Waals surface area (Å²) in [6.07, 6.45) is 7.41. The van der Waals surface area contributed by atoms with Crippen LogP contribution in [0.1, 0.15) is 63.1 Å². The predicted octanol–water partition coefficient (Wildman–Crippen LogP) is 7.89. The van der Waals surface area contributed by atoms with Crippen LogP contribution in [0.3, 0.4) is 0 Å². The summed E-state index contributed by atoms with van der Waals surface area (Å²) in [5.41, 5.74) is 4.18. The summed E-state index contributed by atoms with van der Waals surface area (Å²) in [5, 5.41) is 0. The summed E-state index contributed by atoms with van der Waals surface area (Å²) in [4.78, 5) is 30.8. The lowest BCUT2D eigenvalue weighted by Crippen LogP contribution is -2.43. The highest BCUT2D eigenvalue weighted by Gasteiger charge is 2.58. The number of rotatable bonds is 6. The van der Waals surface area contributed by atoms with E-state index in [1.807, 2.05) is 95.9 Å². The Labute approximate surface area is 243 Å². The van der Waals surface area contributed by atoms with Gasteiger partial charge in [0.15, 0.2) is 0 Å². The van der Waals surface area contributed by atoms with Gasteiger partial charge in [0.2, 0.25) is 5.91 Å². The first kappa shape index (κ1) is 27.3. The number of ether oxygens (including phenoxy) is 1. The number of fused-ring (bicyclic) bond motifs is 2. The minimum atomic E-state index is -1.10. The molecule has 4 heteroatoms. The molecule has 0 radical (unpaired) electrons. The molecule has 4 nitrogen and oxygen atoms in total. The minimum Gasteiger partial charge on any atom is -0.459 e. The van der Waals surface area contributed by atoms with Crippen molar-refractivity contribution in [1.82, 2.24) is 0 Å². The van der Waals surface area contributed by atoms with Gasteiger partial charge in [-0.15, -0.1) is 0 Å². The average molecular weight is 546 g/mol. The highest BCUT2D eigenvalue weighted by Crippen LogP contribution is 2.54. The van der Waals surface area contributed by atoms with Crippen molar-refractivity contribution in [1.29, 1.82) is 0 Å². The van der Waals surface area contributed by atoms with Crippen LogP contribution in [0.2, 0.25) is 0 Å². The Balaban J connectivity index is 1.42. The predicted molar refractivity (Wildman–Crippen MR) is 164 cm³/mol. The van der Waals surface area contributed by atoms with Gasteiger partial charge >= 0.3 is 5.97 Å². The van der Waals surface area contributed by atoms with Crippen molar-refractivity contribution < 1.29 is 14.3 Å². The van der Waals surface area contributed by atoms with E-state index >= 15 is 0 Å². The molecule has 210 valence electrons. The number of carbonyl (C=O) groups excluding carboxylic acids is 2. The smallest absolute Gasteiger partial charge is 0.335 e. The fourth-order valence-electron chi connectivity index (χ4n) is 7.18. The van der Waals surface area contributed by atoms with Crippen LogP contribution in [0.15, 0.2) is 102 Å². The normalized spacial score (nSPS) is 26.5. The molecule has 0 N–H and O–H groups in total. The lowest BCUT2D eigenvalue weighted by molar-refractivity contribution is -0.152. The van der Waals surface area contributed by atoms with Gasteiger partial charge in [-0.1, -0.05) is 112 Å². The van der Waals surface area contributed by atoms with Gasteiger partial charge in [-0.05, 0) is 71.4 Å². The molecule has 1 heterocycles. The average Bonchev–Trinajstić information content (AvgIpc) is 3.46. The van der Waals surface area contributed by atoms with Crippen LogP contribution in [0.5, 0.6) is 0 Å². The van der Waals surface area contributed by atoms with Crippen molar-refractivity contribution in [2.45, 2.75) is 64.5 Å². The molecule has 1 aliphatic heterocycles. The zero-order valence-electron chi connectivity index (χ0n) is 24.3. The monoisotopic (exact) mass is 545 g/mol. The molecule has 2 aliphatic carbocycles. The van der Waals surface area contributed by atoms with Gasteiger partial charge in [-0.25, -0.2) is 4.79 Å². The Bertz CT molecular complexity index is 1490. The first-order valence-electron chi connectivity index (χ1n) is 15.0. The van der Waals surface area contributed by atoms with Crippen LogP contribution >= 0.6 is 0 Å². The molecule has 41 heavy (non-hydrogen) atoms. The highest BCUT2D eigenvalue weighted by molar-refractivity contribution is 6.16. The summed E-state index contributed by atoms with van der Waals surface area (Å²) < 4.78 is 6.42. The standard InChI is InChI=1S/C37H39NO3/c1-25(2)30-19-18-26(3)20-34(30)41-35(39)32-22-29(21-27-12-6-4-7-13-27)23-37(32)31-16-10-11-17-33(31)38(36(37)40)24-28-14-8-5-9-15-28/h4-17,21-22,25-26,30,34H,18-20,23-24H2,1-3H3/b29-21+/t26-,30+,34-,37?/m1/s1. The number of allylic oxidation sites excluding steroid dienone is 2. The van der Waals surface area contributed by atoms with E-state index in [2.05, 4.69) is 26.8 Å². The van der Waals surface area contributed by atoms with Crippen LogP contribution in [0.25, 0.3) is 6.08 Å². The Morgan fingerprint density at radius 2 is 1.66 bits per heavy atom. The SMILES string of the molecule is CC(C)[C@@H]1CC[C@@H](C)C[C@H]1OC(=O)C1=C/C(=C\c2ccccc2)CC12C(=O)N(Cc1ccccc1)c1ccccc12. The van der Waals surface area contributed by atoms with Gasteiger partial charge in [0.25, 0.3) is 0 Å². The molecule has 3 aromatic carbocycles. The summed E-state index contributed by atoms with van der Waals surface area (Å²) in [6, 6.07) is 28.1. The maximum atomic E-state index is 14.7. The van der Waals surface area contributed by atoms with Crippen molar-refractivity contribution >= 4 is 23.6 Å². The number of nitrogens with zero attached hydrogens (tertiary/aromatic N) is 1. The lowest BCUT2D eigenvalue weighted by Gasteiger charge is -2.37. The van der Waals surface area contributed by atoms with E-state index in [0.717, 1.165) is 47.2 Å². The zero-order valence-corrected chi connectivity index (χ0v) is 24.3. The molecule has 1 saturated carbocycles. The van der Waals surface area contributed by atoms with Crippen LogP contribution in [-0.4, -0.2) is 18.0 Å². The van der Waals surface area contributed by atoms with E-state index in [0.29, 0.717) is 36.3 Å². The third-order valence-corrected chi connectivity index (χ3v) is 9.30. The molecule has 3 aliphatic rings. The molecule has 4 atom stereocenters. The number of amides is 1. The second-order valence-electron chi connectivity index (χ2n) is 12.4. The van der Waals surface area contributed by atoms with E-state index in [4.69, 9.17) is 4.74 Å². The molecule has 1 unspecified atom stereocenters. The molecule has 1 amide bonds. The second kappa shape index (κ2) is 11.2. The van der Waals surface area contributed by atoms with Crippen molar-refractivity contribution in [2.75, 3.05) is 4.90 Å². The summed E-state index contributed by atoms with van der Waals surface area (Å²) >= 11 is 0. The zero-order chi connectivity index (χ0) is 28.6. The number of para-hydroxylation sites is 1. The summed E-state index contributed by atoms with van der Waals surface area (Å²) in [6.45, 7) is 7.13. The van der Waals surface area contributed by atoms with Gasteiger partial charge < -0.3 is 9.64 Å². The Morgan fingerprint density at radius 1 is 0.976 bits per heavy atom. The third-order valence-electron chi connectivity index (χ3n) is 9.30. The van der Waals surface area contributed by atoms with Crippen LogP contribution < -0.4 is 4.90 Å². The molecule has 1 spiro atoms. The Hall–Kier alpha value is -3.92. The van der Waals surface area contributed by atoms with Crippen LogP contribution in [-0.2, 0) is 26.3 Å². The second-order valence-corrected chi connectivity index (χ2v) is 12.4. The molecule has 0 saturated heterocycles. The van der Waals surface area contributed by atoms with Gasteiger partial charge in [-0.2, -0.15) is 0 Å². The summed E-state index contributed by atoms with van der Waals surface area (Å²) in [5.74, 6) is 0.859. The fourth-order valence-corrected chi connectivity index (χ4v) is 7.18. The maximum Gasteiger partial charge on any atom is 0.335 e. The number of hydrogen-bond acceptors (Lipinski definition) is 3. The number of hydrogen-bond donors (Lipinski definition) is 0. The van der Waals surface area contributed by atoms with Crippen molar-refractivity contribution in [2.24, 2.45) is 17.8 Å². The first-order chi connectivity index (χ1) is 19.9. The van der Waals surface area contributed by atoms with Gasteiger partial charge in [0.05, 0.1) is 12.1 Å². The third kappa shape index (κ3) is 5.05. The minimum absolute atomic E-state index is 0.0559. The first-order valence-corrected chi connectivity index (χ1v) is 15.0. The molecular formula is C37H39NO3. The van der Waals surface area contributed by atoms with E-state index in [1.165, 1.54) is 0 Å². The molecule has 1 fully saturated rings. The van der Waals surface area contributed by atoms with Crippen molar-refractivity contribution in [3.8, 4) is 0 Å². The van der Waals surface area contributed by atoms with Gasteiger partial charge in [0.1, 0.15) is 11.5 Å². The van der Waals surface area contributed by atoms with Crippen LogP contribution in [0, 0.1) is 17.8 Å². The molecular weight excluding hydrogens is 506 g/mol. The largest absolute Gasteiger partial charge is 0.459 e. The molecule has 6 rings (SSSR count). The van der Waals surface area contributed by atoms with Gasteiger partial charge in [-0.3, -0.25) is 4.79 Å². The van der Waals surface area contributed by atoms with E-state index in [9.17, 15) is 9.59 Å². The number of benzene rings is 3. The van der Waals surface area contributed by atoms with Crippen molar-refractivity contribution in [3.05, 3.63) is 119 Å². The number of anilines is 1. The Morgan fingerprint density at radius 3 is 2.39 bits per heavy atom. The number of carbonyl (C=O) groups is 2. The molecule has 3 aromatic rings. The lowest BCUT2D eigenvalue weighted by atomic mass is 9.74. The Kier molecular flexibility index (Phi) is 7.42. The fraction of sp³-hybridized carbons (Fsp3) is 0.351. The quantitative estimate of drug-likeness (QED) is 0.296. The van der Waals surface area contributed by atoms with E-state index < -0.39 is 5.41 Å².